The Morgan fingerprint density at radius 3 is 2.56 bits per heavy atom. The van der Waals surface area contributed by atoms with Crippen LogP contribution in [0.25, 0.3) is 0 Å². The van der Waals surface area contributed by atoms with Crippen molar-refractivity contribution in [2.45, 2.75) is 51.5 Å². The van der Waals surface area contributed by atoms with E-state index < -0.39 is 0 Å². The molecule has 4 rings (SSSR count). The molecule has 1 fully saturated rings. The number of fused-ring (bicyclic) bond motifs is 1. The molecule has 0 aromatic heterocycles. The lowest BCUT2D eigenvalue weighted by atomic mass is 9.94. The first kappa shape index (κ1) is 22.2. The third-order valence-electron chi connectivity index (χ3n) is 6.70. The molecule has 0 radical (unpaired) electrons. The van der Waals surface area contributed by atoms with E-state index in [1.807, 2.05) is 30.3 Å². The van der Waals surface area contributed by atoms with Crippen molar-refractivity contribution in [2.75, 3.05) is 32.2 Å². The van der Waals surface area contributed by atoms with Crippen molar-refractivity contribution < 1.29 is 19.1 Å². The number of aryl methyl sites for hydroxylation is 1. The van der Waals surface area contributed by atoms with Crippen molar-refractivity contribution in [1.29, 1.82) is 0 Å². The lowest BCUT2D eigenvalue weighted by Gasteiger charge is -2.36. The molecule has 32 heavy (non-hydrogen) atoms. The normalized spacial score (nSPS) is 17.8. The molecule has 170 valence electrons. The van der Waals surface area contributed by atoms with Crippen LogP contribution in [0.4, 0.5) is 5.69 Å². The van der Waals surface area contributed by atoms with Crippen molar-refractivity contribution in [3.8, 4) is 11.5 Å². The third kappa shape index (κ3) is 4.45. The standard InChI is InChI=1S/C26H32N2O4/c1-18(29)27-15-13-20-17-21(9-11-23(20)27)26(30)28-14-5-4-6-22(28)10-7-19-8-12-24(31-2)25(16-19)32-3/h8-9,11-12,16-17,22H,4-7,10,13-15H2,1-3H3. The van der Waals surface area contributed by atoms with Gasteiger partial charge in [-0.2, -0.15) is 0 Å². The predicted molar refractivity (Wildman–Crippen MR) is 125 cm³/mol. The van der Waals surface area contributed by atoms with Crippen molar-refractivity contribution in [2.24, 2.45) is 0 Å². The highest BCUT2D eigenvalue weighted by Gasteiger charge is 2.29. The molecule has 0 bridgehead atoms. The van der Waals surface area contributed by atoms with E-state index in [1.165, 1.54) is 5.56 Å². The van der Waals surface area contributed by atoms with Crippen LogP contribution in [0.2, 0.25) is 0 Å². The minimum atomic E-state index is 0.0501. The van der Waals surface area contributed by atoms with Crippen LogP contribution < -0.4 is 14.4 Å². The van der Waals surface area contributed by atoms with Crippen LogP contribution >= 0.6 is 0 Å². The number of carbonyl (C=O) groups is 2. The smallest absolute Gasteiger partial charge is 0.254 e. The lowest BCUT2D eigenvalue weighted by molar-refractivity contribution is -0.116. The molecule has 6 heteroatoms. The number of piperidine rings is 1. The Balaban J connectivity index is 1.47. The van der Waals surface area contributed by atoms with Gasteiger partial charge >= 0.3 is 0 Å². The van der Waals surface area contributed by atoms with Gasteiger partial charge in [-0.3, -0.25) is 9.59 Å². The molecule has 0 saturated carbocycles. The van der Waals surface area contributed by atoms with E-state index in [-0.39, 0.29) is 17.9 Å². The predicted octanol–water partition coefficient (Wildman–Crippen LogP) is 4.24. The van der Waals surface area contributed by atoms with Gasteiger partial charge in [-0.1, -0.05) is 6.07 Å². The molecule has 1 unspecified atom stereocenters. The van der Waals surface area contributed by atoms with Gasteiger partial charge in [-0.05, 0) is 80.0 Å². The number of rotatable bonds is 6. The summed E-state index contributed by atoms with van der Waals surface area (Å²) in [5.74, 6) is 1.62. The Hall–Kier alpha value is -3.02. The first-order valence-electron chi connectivity index (χ1n) is 11.4. The summed E-state index contributed by atoms with van der Waals surface area (Å²) in [6.07, 6.45) is 5.83. The Kier molecular flexibility index (Phi) is 6.68. The van der Waals surface area contributed by atoms with Crippen molar-refractivity contribution in [3.05, 3.63) is 53.1 Å². The third-order valence-corrected chi connectivity index (χ3v) is 6.70. The lowest BCUT2D eigenvalue weighted by Crippen LogP contribution is -2.44. The van der Waals surface area contributed by atoms with Crippen molar-refractivity contribution >= 4 is 17.5 Å². The van der Waals surface area contributed by atoms with Gasteiger partial charge in [-0.25, -0.2) is 0 Å². The van der Waals surface area contributed by atoms with Gasteiger partial charge in [0, 0.05) is 37.3 Å². The Morgan fingerprint density at radius 1 is 1.00 bits per heavy atom. The van der Waals surface area contributed by atoms with Crippen LogP contribution in [0, 0.1) is 0 Å². The summed E-state index contributed by atoms with van der Waals surface area (Å²) in [6.45, 7) is 3.08. The average Bonchev–Trinajstić information content (AvgIpc) is 3.26. The minimum absolute atomic E-state index is 0.0501. The SMILES string of the molecule is COc1ccc(CCC2CCCCN2C(=O)c2ccc3c(c2)CCN3C(C)=O)cc1OC. The zero-order chi connectivity index (χ0) is 22.7. The highest BCUT2D eigenvalue weighted by Crippen LogP contribution is 2.32. The van der Waals surface area contributed by atoms with Crippen LogP contribution in [0.1, 0.15) is 54.1 Å². The average molecular weight is 437 g/mol. The van der Waals surface area contributed by atoms with Gasteiger partial charge in [0.2, 0.25) is 5.91 Å². The molecule has 2 aromatic rings. The molecule has 0 N–H and O–H groups in total. The number of benzene rings is 2. The fourth-order valence-corrected chi connectivity index (χ4v) is 4.97. The molecule has 2 aliphatic rings. The number of ether oxygens (including phenoxy) is 2. The molecule has 1 atom stereocenters. The van der Waals surface area contributed by atoms with E-state index >= 15 is 0 Å². The molecular formula is C26H32N2O4. The van der Waals surface area contributed by atoms with E-state index in [9.17, 15) is 9.59 Å². The highest BCUT2D eigenvalue weighted by molar-refractivity contribution is 5.98. The molecular weight excluding hydrogens is 404 g/mol. The molecule has 1 saturated heterocycles. The molecule has 2 aromatic carbocycles. The Labute approximate surface area is 190 Å². The topological polar surface area (TPSA) is 59.1 Å². The number of carbonyl (C=O) groups excluding carboxylic acids is 2. The van der Waals surface area contributed by atoms with Gasteiger partial charge in [0.15, 0.2) is 11.5 Å². The van der Waals surface area contributed by atoms with Gasteiger partial charge in [0.1, 0.15) is 0 Å². The molecule has 2 heterocycles. The number of hydrogen-bond donors (Lipinski definition) is 0. The second kappa shape index (κ2) is 9.63. The minimum Gasteiger partial charge on any atom is -0.493 e. The Morgan fingerprint density at radius 2 is 1.81 bits per heavy atom. The number of hydrogen-bond acceptors (Lipinski definition) is 4. The van der Waals surface area contributed by atoms with Crippen LogP contribution in [0.5, 0.6) is 11.5 Å². The maximum absolute atomic E-state index is 13.4. The summed E-state index contributed by atoms with van der Waals surface area (Å²) in [7, 11) is 3.29. The van der Waals surface area contributed by atoms with Crippen LogP contribution in [0.3, 0.4) is 0 Å². The van der Waals surface area contributed by atoms with E-state index in [0.29, 0.717) is 6.54 Å². The Bertz CT molecular complexity index is 1000. The summed E-state index contributed by atoms with van der Waals surface area (Å²) in [5, 5.41) is 0. The monoisotopic (exact) mass is 436 g/mol. The second-order valence-corrected chi connectivity index (χ2v) is 8.64. The fourth-order valence-electron chi connectivity index (χ4n) is 4.97. The van der Waals surface area contributed by atoms with E-state index in [4.69, 9.17) is 9.47 Å². The van der Waals surface area contributed by atoms with E-state index in [1.54, 1.807) is 26.0 Å². The highest BCUT2D eigenvalue weighted by atomic mass is 16.5. The maximum atomic E-state index is 13.4. The largest absolute Gasteiger partial charge is 0.493 e. The molecule has 6 nitrogen and oxygen atoms in total. The molecule has 0 spiro atoms. The zero-order valence-electron chi connectivity index (χ0n) is 19.2. The van der Waals surface area contributed by atoms with Gasteiger partial charge in [-0.15, -0.1) is 0 Å². The number of nitrogens with zero attached hydrogens (tertiary/aromatic N) is 2. The first-order chi connectivity index (χ1) is 15.5. The summed E-state index contributed by atoms with van der Waals surface area (Å²) < 4.78 is 10.8. The molecule has 2 amide bonds. The van der Waals surface area contributed by atoms with Gasteiger partial charge in [0.05, 0.1) is 14.2 Å². The van der Waals surface area contributed by atoms with Crippen molar-refractivity contribution in [1.82, 2.24) is 4.90 Å². The van der Waals surface area contributed by atoms with Crippen molar-refractivity contribution in [3.63, 3.8) is 0 Å². The summed E-state index contributed by atoms with van der Waals surface area (Å²) in [4.78, 5) is 29.1. The zero-order valence-corrected chi connectivity index (χ0v) is 19.2. The number of amides is 2. The molecule has 0 aliphatic carbocycles. The van der Waals surface area contributed by atoms with Gasteiger partial charge in [0.25, 0.3) is 5.91 Å². The quantitative estimate of drug-likeness (QED) is 0.680. The van der Waals surface area contributed by atoms with Gasteiger partial charge < -0.3 is 19.3 Å². The number of methoxy groups -OCH3 is 2. The summed E-state index contributed by atoms with van der Waals surface area (Å²) >= 11 is 0. The molecule has 2 aliphatic heterocycles. The van der Waals surface area contributed by atoms with Crippen LogP contribution in [-0.2, 0) is 17.6 Å². The second-order valence-electron chi connectivity index (χ2n) is 8.64. The first-order valence-corrected chi connectivity index (χ1v) is 11.4. The fraction of sp³-hybridized carbons (Fsp3) is 0.462. The van der Waals surface area contributed by atoms with E-state index in [2.05, 4.69) is 11.0 Å². The van der Waals surface area contributed by atoms with E-state index in [0.717, 1.165) is 73.4 Å². The van der Waals surface area contributed by atoms with Crippen LogP contribution in [-0.4, -0.2) is 50.1 Å². The summed E-state index contributed by atoms with van der Waals surface area (Å²) in [6, 6.07) is 12.0. The summed E-state index contributed by atoms with van der Waals surface area (Å²) in [5.41, 5.74) is 3.94. The maximum Gasteiger partial charge on any atom is 0.254 e. The van der Waals surface area contributed by atoms with Crippen LogP contribution in [0.15, 0.2) is 36.4 Å². The number of anilines is 1. The number of likely N-dealkylation sites (tertiary alicyclic amines) is 1.